The minimum atomic E-state index is -0.263. The SMILES string of the molecule is Cn1cccc(C(=O)N2CCN(c3ncccn3)CC2)c1=O. The topological polar surface area (TPSA) is 71.3 Å². The van der Waals surface area contributed by atoms with Crippen LogP contribution in [0.25, 0.3) is 0 Å². The van der Waals surface area contributed by atoms with Crippen LogP contribution >= 0.6 is 0 Å². The molecule has 7 nitrogen and oxygen atoms in total. The van der Waals surface area contributed by atoms with E-state index in [-0.39, 0.29) is 17.0 Å². The molecule has 7 heteroatoms. The van der Waals surface area contributed by atoms with Gasteiger partial charge in [0.15, 0.2) is 0 Å². The van der Waals surface area contributed by atoms with Gasteiger partial charge in [0.25, 0.3) is 11.5 Å². The summed E-state index contributed by atoms with van der Waals surface area (Å²) in [5.74, 6) is 0.458. The summed E-state index contributed by atoms with van der Waals surface area (Å²) < 4.78 is 1.42. The van der Waals surface area contributed by atoms with E-state index in [0.29, 0.717) is 32.1 Å². The maximum atomic E-state index is 12.5. The maximum Gasteiger partial charge on any atom is 0.263 e. The Balaban J connectivity index is 1.70. The smallest absolute Gasteiger partial charge is 0.263 e. The van der Waals surface area contributed by atoms with Crippen molar-refractivity contribution >= 4 is 11.9 Å². The number of aryl methyl sites for hydroxylation is 1. The van der Waals surface area contributed by atoms with Crippen molar-refractivity contribution in [1.29, 1.82) is 0 Å². The van der Waals surface area contributed by atoms with Crippen LogP contribution in [0.3, 0.4) is 0 Å². The van der Waals surface area contributed by atoms with Gasteiger partial charge in [-0.05, 0) is 18.2 Å². The fraction of sp³-hybridized carbons (Fsp3) is 0.333. The van der Waals surface area contributed by atoms with E-state index < -0.39 is 0 Å². The highest BCUT2D eigenvalue weighted by molar-refractivity contribution is 5.94. The monoisotopic (exact) mass is 299 g/mol. The molecule has 2 aromatic heterocycles. The van der Waals surface area contributed by atoms with Crippen molar-refractivity contribution < 1.29 is 4.79 Å². The number of piperazine rings is 1. The molecule has 0 aromatic carbocycles. The maximum absolute atomic E-state index is 12.5. The van der Waals surface area contributed by atoms with Crippen LogP contribution in [0.5, 0.6) is 0 Å². The molecular formula is C15H17N5O2. The minimum absolute atomic E-state index is 0.213. The molecule has 0 saturated carbocycles. The Morgan fingerprint density at radius 2 is 1.77 bits per heavy atom. The van der Waals surface area contributed by atoms with Gasteiger partial charge in [-0.25, -0.2) is 9.97 Å². The molecule has 0 atom stereocenters. The van der Waals surface area contributed by atoms with Crippen molar-refractivity contribution in [2.75, 3.05) is 31.1 Å². The molecule has 1 amide bonds. The van der Waals surface area contributed by atoms with Crippen molar-refractivity contribution in [3.63, 3.8) is 0 Å². The molecule has 0 bridgehead atoms. The number of pyridine rings is 1. The van der Waals surface area contributed by atoms with Gasteiger partial charge < -0.3 is 14.4 Å². The summed E-state index contributed by atoms with van der Waals surface area (Å²) in [5, 5.41) is 0. The molecule has 1 fully saturated rings. The van der Waals surface area contributed by atoms with Crippen LogP contribution in [0, 0.1) is 0 Å². The summed E-state index contributed by atoms with van der Waals surface area (Å²) in [4.78, 5) is 36.7. The van der Waals surface area contributed by atoms with Gasteiger partial charge in [-0.15, -0.1) is 0 Å². The Labute approximate surface area is 127 Å². The molecule has 3 rings (SSSR count). The molecule has 114 valence electrons. The lowest BCUT2D eigenvalue weighted by Crippen LogP contribution is -2.50. The second-order valence-electron chi connectivity index (χ2n) is 5.17. The Hall–Kier alpha value is -2.70. The highest BCUT2D eigenvalue weighted by Gasteiger charge is 2.24. The molecule has 2 aromatic rings. The summed E-state index contributed by atoms with van der Waals surface area (Å²) in [5.41, 5.74) is -0.0456. The van der Waals surface area contributed by atoms with Gasteiger partial charge in [-0.3, -0.25) is 9.59 Å². The van der Waals surface area contributed by atoms with Gasteiger partial charge in [0.05, 0.1) is 0 Å². The average Bonchev–Trinajstić information content (AvgIpc) is 2.58. The van der Waals surface area contributed by atoms with E-state index in [1.165, 1.54) is 4.57 Å². The number of carbonyl (C=O) groups excluding carboxylic acids is 1. The predicted molar refractivity (Wildman–Crippen MR) is 81.8 cm³/mol. The van der Waals surface area contributed by atoms with Crippen LogP contribution in [-0.4, -0.2) is 51.5 Å². The van der Waals surface area contributed by atoms with Gasteiger partial charge in [0.1, 0.15) is 5.56 Å². The van der Waals surface area contributed by atoms with Crippen LogP contribution in [0.2, 0.25) is 0 Å². The van der Waals surface area contributed by atoms with Crippen LogP contribution in [0.1, 0.15) is 10.4 Å². The Morgan fingerprint density at radius 3 is 2.45 bits per heavy atom. The standard InChI is InChI=1S/C15H17N5O2/c1-18-7-2-4-12(13(18)21)14(22)19-8-10-20(11-9-19)15-16-5-3-6-17-15/h2-7H,8-11H2,1H3. The normalized spacial score (nSPS) is 15.0. The third kappa shape index (κ3) is 2.69. The first-order valence-electron chi connectivity index (χ1n) is 7.14. The molecule has 1 aliphatic heterocycles. The number of hydrogen-bond donors (Lipinski definition) is 0. The summed E-state index contributed by atoms with van der Waals surface area (Å²) in [6.07, 6.45) is 5.05. The first-order valence-corrected chi connectivity index (χ1v) is 7.14. The minimum Gasteiger partial charge on any atom is -0.337 e. The number of aromatic nitrogens is 3. The van der Waals surface area contributed by atoms with Crippen LogP contribution in [-0.2, 0) is 7.05 Å². The quantitative estimate of drug-likeness (QED) is 0.789. The average molecular weight is 299 g/mol. The second-order valence-corrected chi connectivity index (χ2v) is 5.17. The van der Waals surface area contributed by atoms with Crippen molar-refractivity contribution in [2.24, 2.45) is 7.05 Å². The zero-order valence-corrected chi connectivity index (χ0v) is 12.3. The highest BCUT2D eigenvalue weighted by atomic mass is 16.2. The largest absolute Gasteiger partial charge is 0.337 e. The van der Waals surface area contributed by atoms with E-state index in [9.17, 15) is 9.59 Å². The molecule has 22 heavy (non-hydrogen) atoms. The zero-order chi connectivity index (χ0) is 15.5. The summed E-state index contributed by atoms with van der Waals surface area (Å²) in [6.45, 7) is 2.41. The Bertz CT molecular complexity index is 720. The lowest BCUT2D eigenvalue weighted by molar-refractivity contribution is 0.0744. The molecule has 0 spiro atoms. The highest BCUT2D eigenvalue weighted by Crippen LogP contribution is 2.11. The Kier molecular flexibility index (Phi) is 3.86. The second kappa shape index (κ2) is 5.97. The van der Waals surface area contributed by atoms with Gasteiger partial charge >= 0.3 is 0 Å². The van der Waals surface area contributed by atoms with Gasteiger partial charge in [-0.1, -0.05) is 0 Å². The molecule has 3 heterocycles. The third-order valence-corrected chi connectivity index (χ3v) is 3.76. The summed E-state index contributed by atoms with van der Waals surface area (Å²) in [7, 11) is 1.64. The molecule has 0 N–H and O–H groups in total. The lowest BCUT2D eigenvalue weighted by Gasteiger charge is -2.34. The summed E-state index contributed by atoms with van der Waals surface area (Å²) in [6, 6.07) is 5.06. The van der Waals surface area contributed by atoms with E-state index in [0.717, 1.165) is 0 Å². The molecule has 1 saturated heterocycles. The number of carbonyl (C=O) groups is 1. The van der Waals surface area contributed by atoms with Crippen LogP contribution < -0.4 is 10.5 Å². The fourth-order valence-electron chi connectivity index (χ4n) is 2.49. The van der Waals surface area contributed by atoms with Crippen LogP contribution in [0.4, 0.5) is 5.95 Å². The number of amides is 1. The molecule has 0 aliphatic carbocycles. The first kappa shape index (κ1) is 14.2. The molecule has 0 unspecified atom stereocenters. The van der Waals surface area contributed by atoms with E-state index in [2.05, 4.69) is 9.97 Å². The molecule has 0 radical (unpaired) electrons. The number of nitrogens with zero attached hydrogens (tertiary/aromatic N) is 5. The lowest BCUT2D eigenvalue weighted by atomic mass is 10.2. The van der Waals surface area contributed by atoms with Crippen molar-refractivity contribution in [1.82, 2.24) is 19.4 Å². The van der Waals surface area contributed by atoms with Crippen molar-refractivity contribution in [2.45, 2.75) is 0 Å². The number of anilines is 1. The van der Waals surface area contributed by atoms with E-state index >= 15 is 0 Å². The molecule has 1 aliphatic rings. The van der Waals surface area contributed by atoms with Gasteiger partial charge in [0.2, 0.25) is 5.95 Å². The van der Waals surface area contributed by atoms with Gasteiger partial charge in [-0.2, -0.15) is 0 Å². The van der Waals surface area contributed by atoms with Crippen LogP contribution in [0.15, 0.2) is 41.6 Å². The fourth-order valence-corrected chi connectivity index (χ4v) is 2.49. The zero-order valence-electron chi connectivity index (χ0n) is 12.3. The third-order valence-electron chi connectivity index (χ3n) is 3.76. The van der Waals surface area contributed by atoms with Crippen molar-refractivity contribution in [3.8, 4) is 0 Å². The van der Waals surface area contributed by atoms with E-state index in [1.54, 1.807) is 48.7 Å². The van der Waals surface area contributed by atoms with Gasteiger partial charge in [0, 0.05) is 51.8 Å². The Morgan fingerprint density at radius 1 is 1.09 bits per heavy atom. The number of hydrogen-bond acceptors (Lipinski definition) is 5. The summed E-state index contributed by atoms with van der Waals surface area (Å²) >= 11 is 0. The first-order chi connectivity index (χ1) is 10.7. The predicted octanol–water partition coefficient (Wildman–Crippen LogP) is 0.138. The van der Waals surface area contributed by atoms with E-state index in [4.69, 9.17) is 0 Å². The number of rotatable bonds is 2. The molecular weight excluding hydrogens is 282 g/mol. The van der Waals surface area contributed by atoms with Crippen molar-refractivity contribution in [3.05, 3.63) is 52.7 Å². The van der Waals surface area contributed by atoms with E-state index in [1.807, 2.05) is 4.90 Å².